The van der Waals surface area contributed by atoms with Crippen LogP contribution in [0.1, 0.15) is 30.0 Å². The van der Waals surface area contributed by atoms with Gasteiger partial charge in [-0.2, -0.15) is 0 Å². The van der Waals surface area contributed by atoms with E-state index in [0.717, 1.165) is 0 Å². The molecule has 0 fully saturated rings. The smallest absolute Gasteiger partial charge is 0.230 e. The summed E-state index contributed by atoms with van der Waals surface area (Å²) in [6.45, 7) is 4.00. The summed E-state index contributed by atoms with van der Waals surface area (Å²) in [5.74, 6) is 0.0179. The highest BCUT2D eigenvalue weighted by Gasteiger charge is 2.14. The zero-order chi connectivity index (χ0) is 12.0. The van der Waals surface area contributed by atoms with Crippen LogP contribution >= 0.6 is 0 Å². The quantitative estimate of drug-likeness (QED) is 0.786. The second-order valence-electron chi connectivity index (χ2n) is 2.90. The summed E-state index contributed by atoms with van der Waals surface area (Å²) in [5.41, 5.74) is 6.52. The lowest BCUT2D eigenvalue weighted by atomic mass is 10.1. The third-order valence-corrected chi connectivity index (χ3v) is 1.94. The van der Waals surface area contributed by atoms with Gasteiger partial charge in [-0.15, -0.1) is 0 Å². The van der Waals surface area contributed by atoms with Crippen molar-refractivity contribution in [2.24, 2.45) is 0 Å². The van der Waals surface area contributed by atoms with Crippen molar-refractivity contribution in [3.8, 4) is 0 Å². The molecule has 0 atom stereocenters. The molecule has 2 N–H and O–H groups in total. The normalized spacial score (nSPS) is 9.12. The molecule has 1 aromatic heterocycles. The monoisotopic (exact) mass is 217 g/mol. The van der Waals surface area contributed by atoms with E-state index in [4.69, 9.17) is 10.2 Å². The Morgan fingerprint density at radius 2 is 1.75 bits per heavy atom. The highest BCUT2D eigenvalue weighted by molar-refractivity contribution is 6.09. The average Bonchev–Trinajstić information content (AvgIpc) is 2.78. The second kappa shape index (κ2) is 5.75. The van der Waals surface area contributed by atoms with Crippen molar-refractivity contribution < 1.29 is 9.21 Å². The lowest BCUT2D eigenvalue weighted by Gasteiger charge is -1.97. The molecule has 0 saturated carbocycles. The van der Waals surface area contributed by atoms with Gasteiger partial charge in [0.25, 0.3) is 0 Å². The van der Waals surface area contributed by atoms with Crippen LogP contribution in [-0.4, -0.2) is 5.78 Å². The van der Waals surface area contributed by atoms with E-state index in [1.165, 1.54) is 6.26 Å². The van der Waals surface area contributed by atoms with Crippen molar-refractivity contribution in [3.63, 3.8) is 0 Å². The van der Waals surface area contributed by atoms with Gasteiger partial charge >= 0.3 is 0 Å². The van der Waals surface area contributed by atoms with Gasteiger partial charge in [0.15, 0.2) is 5.76 Å². The molecule has 16 heavy (non-hydrogen) atoms. The van der Waals surface area contributed by atoms with Gasteiger partial charge in [-0.05, 0) is 0 Å². The van der Waals surface area contributed by atoms with Crippen molar-refractivity contribution in [2.75, 3.05) is 5.73 Å². The third kappa shape index (κ3) is 2.51. The fourth-order valence-electron chi connectivity index (χ4n) is 1.22. The van der Waals surface area contributed by atoms with Gasteiger partial charge in [0.2, 0.25) is 5.78 Å². The van der Waals surface area contributed by atoms with Crippen LogP contribution in [0.25, 0.3) is 0 Å². The standard InChI is InChI=1S/C11H9NO2.C2H6/c12-9-6-7-14-11(9)10(13)8-4-2-1-3-5-8;1-2/h1-7H,12H2;1-2H3. The number of nitrogens with two attached hydrogens (primary N) is 1. The van der Waals surface area contributed by atoms with Gasteiger partial charge in [-0.25, -0.2) is 0 Å². The summed E-state index contributed by atoms with van der Waals surface area (Å²) in [5, 5.41) is 0. The number of carbonyl (C=O) groups excluding carboxylic acids is 1. The molecule has 84 valence electrons. The summed E-state index contributed by atoms with van der Waals surface area (Å²) < 4.78 is 5.01. The van der Waals surface area contributed by atoms with E-state index in [1.54, 1.807) is 30.3 Å². The van der Waals surface area contributed by atoms with Crippen LogP contribution in [0, 0.1) is 0 Å². The van der Waals surface area contributed by atoms with Crippen LogP contribution in [-0.2, 0) is 0 Å². The number of carbonyl (C=O) groups is 1. The maximum absolute atomic E-state index is 11.8. The van der Waals surface area contributed by atoms with E-state index in [0.29, 0.717) is 11.3 Å². The molecule has 0 radical (unpaired) electrons. The van der Waals surface area contributed by atoms with Gasteiger partial charge in [0, 0.05) is 11.6 Å². The average molecular weight is 217 g/mol. The predicted molar refractivity (Wildman–Crippen MR) is 64.3 cm³/mol. The molecule has 0 aliphatic heterocycles. The summed E-state index contributed by atoms with van der Waals surface area (Å²) >= 11 is 0. The highest BCUT2D eigenvalue weighted by Crippen LogP contribution is 2.16. The lowest BCUT2D eigenvalue weighted by molar-refractivity contribution is 0.101. The van der Waals surface area contributed by atoms with Crippen molar-refractivity contribution in [1.29, 1.82) is 0 Å². The number of ketones is 1. The topological polar surface area (TPSA) is 56.2 Å². The maximum atomic E-state index is 11.8. The number of nitrogen functional groups attached to an aromatic ring is 1. The van der Waals surface area contributed by atoms with E-state index >= 15 is 0 Å². The second-order valence-corrected chi connectivity index (χ2v) is 2.90. The fourth-order valence-corrected chi connectivity index (χ4v) is 1.22. The Labute approximate surface area is 94.9 Å². The largest absolute Gasteiger partial charge is 0.459 e. The van der Waals surface area contributed by atoms with Crippen molar-refractivity contribution in [2.45, 2.75) is 13.8 Å². The SMILES string of the molecule is CC.Nc1ccoc1C(=O)c1ccccc1. The molecule has 0 saturated heterocycles. The summed E-state index contributed by atoms with van der Waals surface area (Å²) in [6, 6.07) is 10.5. The fraction of sp³-hybridized carbons (Fsp3) is 0.154. The first kappa shape index (κ1) is 12.0. The summed E-state index contributed by atoms with van der Waals surface area (Å²) in [7, 11) is 0. The maximum Gasteiger partial charge on any atom is 0.230 e. The first-order valence-corrected chi connectivity index (χ1v) is 5.22. The minimum absolute atomic E-state index is 0.187. The molecule has 0 bridgehead atoms. The van der Waals surface area contributed by atoms with Crippen LogP contribution in [0.15, 0.2) is 47.1 Å². The number of hydrogen-bond donors (Lipinski definition) is 1. The van der Waals surface area contributed by atoms with Gasteiger partial charge < -0.3 is 10.2 Å². The molecule has 0 amide bonds. The van der Waals surface area contributed by atoms with E-state index in [9.17, 15) is 4.79 Å². The molecule has 1 aromatic carbocycles. The van der Waals surface area contributed by atoms with E-state index in [-0.39, 0.29) is 11.5 Å². The van der Waals surface area contributed by atoms with Crippen LogP contribution in [0.4, 0.5) is 5.69 Å². The Bertz CT molecular complexity index is 446. The summed E-state index contributed by atoms with van der Waals surface area (Å²) in [6.07, 6.45) is 1.41. The number of benzene rings is 1. The minimum atomic E-state index is -0.187. The molecule has 0 unspecified atom stereocenters. The van der Waals surface area contributed by atoms with Crippen molar-refractivity contribution >= 4 is 11.5 Å². The molecule has 0 aliphatic carbocycles. The molecular formula is C13H15NO2. The molecule has 1 heterocycles. The molecular weight excluding hydrogens is 202 g/mol. The molecule has 2 rings (SSSR count). The molecule has 3 nitrogen and oxygen atoms in total. The number of rotatable bonds is 2. The minimum Gasteiger partial charge on any atom is -0.459 e. The zero-order valence-electron chi connectivity index (χ0n) is 9.44. The molecule has 3 heteroatoms. The van der Waals surface area contributed by atoms with E-state index < -0.39 is 0 Å². The van der Waals surface area contributed by atoms with E-state index in [1.807, 2.05) is 19.9 Å². The number of hydrogen-bond acceptors (Lipinski definition) is 3. The van der Waals surface area contributed by atoms with Gasteiger partial charge in [0.05, 0.1) is 12.0 Å². The van der Waals surface area contributed by atoms with Crippen LogP contribution in [0.2, 0.25) is 0 Å². The van der Waals surface area contributed by atoms with Crippen molar-refractivity contribution in [3.05, 3.63) is 54.0 Å². The van der Waals surface area contributed by atoms with Gasteiger partial charge in [-0.1, -0.05) is 44.2 Å². The number of furan rings is 1. The van der Waals surface area contributed by atoms with E-state index in [2.05, 4.69) is 0 Å². The Kier molecular flexibility index (Phi) is 4.33. The third-order valence-electron chi connectivity index (χ3n) is 1.94. The first-order chi connectivity index (χ1) is 7.79. The zero-order valence-corrected chi connectivity index (χ0v) is 9.44. The van der Waals surface area contributed by atoms with Crippen LogP contribution < -0.4 is 5.73 Å². The molecule has 0 aliphatic rings. The predicted octanol–water partition coefficient (Wildman–Crippen LogP) is 3.12. The van der Waals surface area contributed by atoms with Gasteiger partial charge in [0.1, 0.15) is 0 Å². The lowest BCUT2D eigenvalue weighted by Crippen LogP contribution is -2.02. The Hall–Kier alpha value is -2.03. The molecule has 0 spiro atoms. The first-order valence-electron chi connectivity index (χ1n) is 5.22. The van der Waals surface area contributed by atoms with Crippen LogP contribution in [0.5, 0.6) is 0 Å². The van der Waals surface area contributed by atoms with Crippen LogP contribution in [0.3, 0.4) is 0 Å². The molecule has 2 aromatic rings. The summed E-state index contributed by atoms with van der Waals surface area (Å²) in [4.78, 5) is 11.8. The van der Waals surface area contributed by atoms with Crippen molar-refractivity contribution in [1.82, 2.24) is 0 Å². The Morgan fingerprint density at radius 1 is 1.12 bits per heavy atom. The number of anilines is 1. The highest BCUT2D eigenvalue weighted by atomic mass is 16.3. The van der Waals surface area contributed by atoms with Gasteiger partial charge in [-0.3, -0.25) is 4.79 Å². The Balaban J connectivity index is 0.000000606. The Morgan fingerprint density at radius 3 is 2.25 bits per heavy atom.